The first-order valence-electron chi connectivity index (χ1n) is 5.71. The van der Waals surface area contributed by atoms with E-state index in [0.717, 1.165) is 12.2 Å². The van der Waals surface area contributed by atoms with Gasteiger partial charge in [0, 0.05) is 17.8 Å². The van der Waals surface area contributed by atoms with Crippen molar-refractivity contribution in [3.05, 3.63) is 29.8 Å². The lowest BCUT2D eigenvalue weighted by molar-refractivity contribution is 0.463. The third-order valence-electron chi connectivity index (χ3n) is 2.61. The Kier molecular flexibility index (Phi) is 5.71. The van der Waals surface area contributed by atoms with Gasteiger partial charge in [-0.1, -0.05) is 19.1 Å². The van der Waals surface area contributed by atoms with Gasteiger partial charge < -0.3 is 10.4 Å². The van der Waals surface area contributed by atoms with Crippen molar-refractivity contribution in [1.82, 2.24) is 5.32 Å². The third-order valence-corrected chi connectivity index (χ3v) is 3.44. The number of thioether (sulfide) groups is 1. The molecule has 0 aliphatic rings. The molecule has 0 bridgehead atoms. The first-order chi connectivity index (χ1) is 7.67. The van der Waals surface area contributed by atoms with Crippen LogP contribution in [0, 0.1) is 0 Å². The van der Waals surface area contributed by atoms with Gasteiger partial charge in [-0.2, -0.15) is 11.8 Å². The summed E-state index contributed by atoms with van der Waals surface area (Å²) in [6, 6.07) is 8.36. The van der Waals surface area contributed by atoms with Crippen LogP contribution in [0.2, 0.25) is 0 Å². The van der Waals surface area contributed by atoms with E-state index >= 15 is 0 Å². The number of hydrogen-bond acceptors (Lipinski definition) is 3. The maximum Gasteiger partial charge on any atom is 0.115 e. The van der Waals surface area contributed by atoms with Crippen LogP contribution in [0.3, 0.4) is 0 Å². The van der Waals surface area contributed by atoms with Crippen molar-refractivity contribution < 1.29 is 5.11 Å². The maximum absolute atomic E-state index is 9.25. The Labute approximate surface area is 102 Å². The van der Waals surface area contributed by atoms with E-state index in [-0.39, 0.29) is 0 Å². The summed E-state index contributed by atoms with van der Waals surface area (Å²) in [5.41, 5.74) is 1.24. The van der Waals surface area contributed by atoms with Crippen LogP contribution < -0.4 is 5.32 Å². The lowest BCUT2D eigenvalue weighted by Gasteiger charge is -2.22. The molecule has 0 fully saturated rings. The molecule has 2 N–H and O–H groups in total. The smallest absolute Gasteiger partial charge is 0.115 e. The number of rotatable bonds is 6. The molecule has 2 atom stereocenters. The normalized spacial score (nSPS) is 14.7. The third kappa shape index (κ3) is 4.06. The fraction of sp³-hybridized carbons (Fsp3) is 0.538. The summed E-state index contributed by atoms with van der Waals surface area (Å²) >= 11 is 1.86. The minimum Gasteiger partial charge on any atom is -0.508 e. The monoisotopic (exact) mass is 239 g/mol. The van der Waals surface area contributed by atoms with Crippen molar-refractivity contribution in [3.8, 4) is 5.75 Å². The molecule has 90 valence electrons. The summed E-state index contributed by atoms with van der Waals surface area (Å²) < 4.78 is 0. The van der Waals surface area contributed by atoms with Gasteiger partial charge in [0.2, 0.25) is 0 Å². The molecule has 1 aromatic carbocycles. The minimum absolute atomic E-state index is 0.329. The fourth-order valence-electron chi connectivity index (χ4n) is 1.80. The Balaban J connectivity index is 2.63. The molecule has 0 aliphatic heterocycles. The Morgan fingerprint density at radius 2 is 1.94 bits per heavy atom. The van der Waals surface area contributed by atoms with E-state index in [4.69, 9.17) is 0 Å². The molecule has 0 aromatic heterocycles. The predicted molar refractivity (Wildman–Crippen MR) is 72.1 cm³/mol. The molecular formula is C13H21NOS. The van der Waals surface area contributed by atoms with Crippen LogP contribution in [0.15, 0.2) is 24.3 Å². The average molecular weight is 239 g/mol. The highest BCUT2D eigenvalue weighted by molar-refractivity contribution is 7.98. The van der Waals surface area contributed by atoms with Crippen LogP contribution in [0.5, 0.6) is 5.75 Å². The van der Waals surface area contributed by atoms with E-state index in [0.29, 0.717) is 17.8 Å². The summed E-state index contributed by atoms with van der Waals surface area (Å²) in [5.74, 6) is 1.45. The fourth-order valence-corrected chi connectivity index (χ4v) is 2.39. The second-order valence-corrected chi connectivity index (χ2v) is 4.99. The Bertz CT molecular complexity index is 299. The van der Waals surface area contributed by atoms with Gasteiger partial charge in [0.15, 0.2) is 0 Å². The Morgan fingerprint density at radius 1 is 1.31 bits per heavy atom. The van der Waals surface area contributed by atoms with E-state index < -0.39 is 0 Å². The predicted octanol–water partition coefficient (Wildman–Crippen LogP) is 3.18. The molecule has 1 aromatic rings. The van der Waals surface area contributed by atoms with E-state index in [1.165, 1.54) is 5.56 Å². The van der Waals surface area contributed by atoms with Crippen LogP contribution in [0.4, 0.5) is 0 Å². The number of benzene rings is 1. The summed E-state index contributed by atoms with van der Waals surface area (Å²) in [6.07, 6.45) is 3.18. The minimum atomic E-state index is 0.329. The summed E-state index contributed by atoms with van der Waals surface area (Å²) in [6.45, 7) is 4.38. The number of hydrogen-bond donors (Lipinski definition) is 2. The van der Waals surface area contributed by atoms with Gasteiger partial charge in [0.1, 0.15) is 5.75 Å². The average Bonchev–Trinajstić information content (AvgIpc) is 2.27. The molecular weight excluding hydrogens is 218 g/mol. The van der Waals surface area contributed by atoms with Crippen LogP contribution >= 0.6 is 11.8 Å². The highest BCUT2D eigenvalue weighted by Gasteiger charge is 2.11. The zero-order chi connectivity index (χ0) is 12.0. The maximum atomic E-state index is 9.25. The van der Waals surface area contributed by atoms with Crippen LogP contribution in [0.25, 0.3) is 0 Å². The SMILES string of the molecule is CCC(NC(C)CSC)c1ccc(O)cc1. The zero-order valence-electron chi connectivity index (χ0n) is 10.2. The first kappa shape index (κ1) is 13.4. The summed E-state index contributed by atoms with van der Waals surface area (Å²) in [7, 11) is 0. The summed E-state index contributed by atoms with van der Waals surface area (Å²) in [5, 5.41) is 12.9. The molecule has 0 saturated heterocycles. The van der Waals surface area contributed by atoms with Crippen molar-refractivity contribution in [2.24, 2.45) is 0 Å². The van der Waals surface area contributed by atoms with E-state index in [1.807, 2.05) is 23.9 Å². The van der Waals surface area contributed by atoms with E-state index in [9.17, 15) is 5.11 Å². The molecule has 0 radical (unpaired) electrons. The molecule has 0 spiro atoms. The second kappa shape index (κ2) is 6.81. The van der Waals surface area contributed by atoms with Gasteiger partial charge in [-0.3, -0.25) is 0 Å². The van der Waals surface area contributed by atoms with Crippen molar-refractivity contribution in [2.45, 2.75) is 32.4 Å². The van der Waals surface area contributed by atoms with Gasteiger partial charge >= 0.3 is 0 Å². The first-order valence-corrected chi connectivity index (χ1v) is 7.10. The van der Waals surface area contributed by atoms with Crippen molar-refractivity contribution >= 4 is 11.8 Å². The Morgan fingerprint density at radius 3 is 2.44 bits per heavy atom. The van der Waals surface area contributed by atoms with Crippen LogP contribution in [-0.4, -0.2) is 23.2 Å². The molecule has 16 heavy (non-hydrogen) atoms. The van der Waals surface area contributed by atoms with Crippen molar-refractivity contribution in [3.63, 3.8) is 0 Å². The van der Waals surface area contributed by atoms with E-state index in [1.54, 1.807) is 12.1 Å². The molecule has 0 saturated carbocycles. The lowest BCUT2D eigenvalue weighted by Crippen LogP contribution is -2.32. The van der Waals surface area contributed by atoms with Crippen LogP contribution in [0.1, 0.15) is 31.9 Å². The molecule has 0 aliphatic carbocycles. The highest BCUT2D eigenvalue weighted by atomic mass is 32.2. The summed E-state index contributed by atoms with van der Waals surface area (Å²) in [4.78, 5) is 0. The Hall–Kier alpha value is -0.670. The zero-order valence-corrected chi connectivity index (χ0v) is 11.1. The van der Waals surface area contributed by atoms with Gasteiger partial charge in [0.25, 0.3) is 0 Å². The molecule has 3 heteroatoms. The molecule has 0 heterocycles. The largest absolute Gasteiger partial charge is 0.508 e. The number of phenolic OH excluding ortho intramolecular Hbond substituents is 1. The van der Waals surface area contributed by atoms with Gasteiger partial charge in [-0.15, -0.1) is 0 Å². The molecule has 0 amide bonds. The van der Waals surface area contributed by atoms with Crippen molar-refractivity contribution in [2.75, 3.05) is 12.0 Å². The lowest BCUT2D eigenvalue weighted by atomic mass is 10.0. The number of phenols is 1. The topological polar surface area (TPSA) is 32.3 Å². The quantitative estimate of drug-likeness (QED) is 0.799. The molecule has 1 rings (SSSR count). The second-order valence-electron chi connectivity index (χ2n) is 4.08. The van der Waals surface area contributed by atoms with Crippen LogP contribution in [-0.2, 0) is 0 Å². The van der Waals surface area contributed by atoms with E-state index in [2.05, 4.69) is 25.4 Å². The molecule has 2 nitrogen and oxygen atoms in total. The number of aromatic hydroxyl groups is 1. The number of nitrogens with one attached hydrogen (secondary N) is 1. The highest BCUT2D eigenvalue weighted by Crippen LogP contribution is 2.20. The molecule has 2 unspecified atom stereocenters. The van der Waals surface area contributed by atoms with Gasteiger partial charge in [-0.25, -0.2) is 0 Å². The van der Waals surface area contributed by atoms with Crippen molar-refractivity contribution in [1.29, 1.82) is 0 Å². The van der Waals surface area contributed by atoms with Gasteiger partial charge in [-0.05, 0) is 37.3 Å². The van der Waals surface area contributed by atoms with Gasteiger partial charge in [0.05, 0.1) is 0 Å². The standard InChI is InChI=1S/C13H21NOS/c1-4-13(14-10(2)9-16-3)11-5-7-12(15)8-6-11/h5-8,10,13-15H,4,9H2,1-3H3.